The van der Waals surface area contributed by atoms with Crippen molar-refractivity contribution in [2.45, 2.75) is 348 Å². The second-order valence-corrected chi connectivity index (χ2v) is 33.9. The average molecular weight is 1650 g/mol. The van der Waals surface area contributed by atoms with Crippen LogP contribution in [0.15, 0.2) is 60.8 Å². The van der Waals surface area contributed by atoms with Gasteiger partial charge in [-0.05, 0) is 176 Å². The van der Waals surface area contributed by atoms with Crippen LogP contribution in [0.2, 0.25) is 0 Å². The minimum Gasteiger partial charge on any atom is -0.368 e. The highest BCUT2D eigenvalue weighted by Gasteiger charge is 2.39. The number of nitrogens with two attached hydrogens (primary N) is 5. The van der Waals surface area contributed by atoms with Gasteiger partial charge in [-0.15, -0.1) is 0 Å². The number of fused-ring (bicyclic) bond motifs is 1. The number of hydrogen-bond acceptors (Lipinski definition) is 16. The molecule has 12 atom stereocenters. The summed E-state index contributed by atoms with van der Waals surface area (Å²) < 4.78 is 0. The van der Waals surface area contributed by atoms with Crippen molar-refractivity contribution in [2.75, 3.05) is 26.2 Å². The maximum absolute atomic E-state index is 15.1. The second kappa shape index (κ2) is 59.2. The molecular weight excluding hydrogens is 1500 g/mol. The Labute approximate surface area is 703 Å². The number of primary amides is 1. The number of aromatic amines is 1. The summed E-state index contributed by atoms with van der Waals surface area (Å²) >= 11 is 0. The Morgan fingerprint density at radius 1 is 0.339 bits per heavy atom. The summed E-state index contributed by atoms with van der Waals surface area (Å²) in [7, 11) is 0. The van der Waals surface area contributed by atoms with Crippen LogP contribution in [0.4, 0.5) is 0 Å². The van der Waals surface area contributed by atoms with E-state index < -0.39 is 143 Å². The number of H-pyrrole nitrogens is 1. The van der Waals surface area contributed by atoms with E-state index in [4.69, 9.17) is 28.7 Å². The molecule has 0 aliphatic heterocycles. The van der Waals surface area contributed by atoms with Gasteiger partial charge in [-0.25, -0.2) is 0 Å². The van der Waals surface area contributed by atoms with Crippen LogP contribution in [-0.4, -0.2) is 169 Å². The lowest BCUT2D eigenvalue weighted by Crippen LogP contribution is -2.62. The molecule has 0 fully saturated rings. The number of aromatic nitrogens is 1. The lowest BCUT2D eigenvalue weighted by molar-refractivity contribution is -0.137. The summed E-state index contributed by atoms with van der Waals surface area (Å²) in [5.74, 6) is -9.33. The third-order valence-electron chi connectivity index (χ3n) is 21.6. The molecule has 22 N–H and O–H groups in total. The minimum atomic E-state index is -1.35. The first-order chi connectivity index (χ1) is 56.4. The van der Waals surface area contributed by atoms with E-state index in [-0.39, 0.29) is 101 Å². The summed E-state index contributed by atoms with van der Waals surface area (Å²) in [6.45, 7) is 21.6. The highest BCUT2D eigenvalue weighted by molar-refractivity contribution is 6.00. The minimum absolute atomic E-state index is 0.0117. The fourth-order valence-electron chi connectivity index (χ4n) is 14.4. The predicted octanol–water partition coefficient (Wildman–Crippen LogP) is 7.61. The van der Waals surface area contributed by atoms with E-state index in [2.05, 4.69) is 70.4 Å². The molecule has 29 nitrogen and oxygen atoms in total. The van der Waals surface area contributed by atoms with Crippen molar-refractivity contribution in [1.29, 1.82) is 0 Å². The average Bonchev–Trinajstić information content (AvgIpc) is 1.70. The lowest BCUT2D eigenvalue weighted by atomic mass is 9.95. The maximum atomic E-state index is 15.1. The zero-order chi connectivity index (χ0) is 87.5. The van der Waals surface area contributed by atoms with Crippen molar-refractivity contribution >= 4 is 81.8 Å². The molecule has 118 heavy (non-hydrogen) atoms. The molecule has 0 spiro atoms. The molecule has 0 saturated heterocycles. The Morgan fingerprint density at radius 2 is 0.678 bits per heavy atom. The largest absolute Gasteiger partial charge is 0.368 e. The quantitative estimate of drug-likeness (QED) is 0.0242. The third-order valence-corrected chi connectivity index (χ3v) is 21.6. The van der Waals surface area contributed by atoms with E-state index in [1.807, 2.05) is 78.9 Å². The number of hydrogen-bond donors (Lipinski definition) is 17. The Bertz CT molecular complexity index is 3460. The molecule has 3 rings (SSSR count). The molecular formula is C89H153N17O12. The van der Waals surface area contributed by atoms with Gasteiger partial charge in [0.1, 0.15) is 66.5 Å². The van der Waals surface area contributed by atoms with Gasteiger partial charge >= 0.3 is 0 Å². The highest BCUT2D eigenvalue weighted by Crippen LogP contribution is 2.22. The van der Waals surface area contributed by atoms with Crippen molar-refractivity contribution in [3.8, 4) is 0 Å². The fourth-order valence-corrected chi connectivity index (χ4v) is 14.4. The van der Waals surface area contributed by atoms with Gasteiger partial charge < -0.3 is 92.1 Å². The number of carbonyl (C=O) groups is 12. The van der Waals surface area contributed by atoms with E-state index in [0.29, 0.717) is 82.9 Å². The van der Waals surface area contributed by atoms with Crippen LogP contribution in [0.5, 0.6) is 0 Å². The molecule has 1 aromatic heterocycles. The molecule has 1 heterocycles. The number of amides is 12. The van der Waals surface area contributed by atoms with Crippen molar-refractivity contribution in [1.82, 2.24) is 63.5 Å². The summed E-state index contributed by atoms with van der Waals surface area (Å²) in [5, 5.41) is 32.4. The maximum Gasteiger partial charge on any atom is 0.243 e. The van der Waals surface area contributed by atoms with Crippen molar-refractivity contribution in [3.63, 3.8) is 0 Å². The molecule has 666 valence electrons. The Kier molecular flexibility index (Phi) is 52.0. The second-order valence-electron chi connectivity index (χ2n) is 33.9. The highest BCUT2D eigenvalue weighted by atomic mass is 16.2. The van der Waals surface area contributed by atoms with Crippen LogP contribution in [0.25, 0.3) is 10.9 Å². The van der Waals surface area contributed by atoms with E-state index in [0.717, 1.165) is 42.1 Å². The van der Waals surface area contributed by atoms with E-state index in [1.54, 1.807) is 51.1 Å². The Balaban J connectivity index is 1.96. The van der Waals surface area contributed by atoms with Gasteiger partial charge in [0.15, 0.2) is 0 Å². The smallest absolute Gasteiger partial charge is 0.243 e. The number of para-hydroxylation sites is 1. The van der Waals surface area contributed by atoms with Crippen molar-refractivity contribution in [3.05, 3.63) is 71.9 Å². The number of nitrogens with one attached hydrogen (secondary N) is 12. The molecule has 0 saturated carbocycles. The molecule has 2 aromatic carbocycles. The first-order valence-corrected chi connectivity index (χ1v) is 44.4. The number of unbranched alkanes of at least 4 members (excludes halogenated alkanes) is 16. The first-order valence-electron chi connectivity index (χ1n) is 44.4. The summed E-state index contributed by atoms with van der Waals surface area (Å²) in [4.78, 5) is 177. The van der Waals surface area contributed by atoms with Gasteiger partial charge in [-0.2, -0.15) is 0 Å². The van der Waals surface area contributed by atoms with Gasteiger partial charge in [-0.1, -0.05) is 208 Å². The van der Waals surface area contributed by atoms with Crippen LogP contribution >= 0.6 is 0 Å². The van der Waals surface area contributed by atoms with Gasteiger partial charge in [0.2, 0.25) is 70.9 Å². The van der Waals surface area contributed by atoms with Gasteiger partial charge in [0, 0.05) is 36.4 Å². The predicted molar refractivity (Wildman–Crippen MR) is 467 cm³/mol. The Morgan fingerprint density at radius 3 is 1.09 bits per heavy atom. The molecule has 12 amide bonds. The Hall–Kier alpha value is -8.54. The van der Waals surface area contributed by atoms with Crippen LogP contribution in [0.3, 0.4) is 0 Å². The molecule has 0 bridgehead atoms. The summed E-state index contributed by atoms with van der Waals surface area (Å²) in [6, 6.07) is 3.27. The van der Waals surface area contributed by atoms with E-state index >= 15 is 9.59 Å². The zero-order valence-electron chi connectivity index (χ0n) is 73.3. The summed E-state index contributed by atoms with van der Waals surface area (Å²) in [5.41, 5.74) is 31.7. The third kappa shape index (κ3) is 40.9. The van der Waals surface area contributed by atoms with Crippen LogP contribution in [0.1, 0.15) is 280 Å². The van der Waals surface area contributed by atoms with Crippen molar-refractivity contribution in [2.24, 2.45) is 58.3 Å². The van der Waals surface area contributed by atoms with Crippen molar-refractivity contribution < 1.29 is 57.5 Å². The normalized spacial score (nSPS) is 14.6. The van der Waals surface area contributed by atoms with Gasteiger partial charge in [-0.3, -0.25) is 57.5 Å². The summed E-state index contributed by atoms with van der Waals surface area (Å²) in [6.07, 6.45) is 21.8. The van der Waals surface area contributed by atoms with Crippen LogP contribution in [-0.2, 0) is 70.4 Å². The lowest BCUT2D eigenvalue weighted by Gasteiger charge is -2.30. The SMILES string of the molecule is CCCCCCCCCCCCCCCC(=O)N[C@@H](Cc1c[nH]c2ccccc12)C(=O)N[C@@H](CCCCN)C(=O)N[C@@H](CC(C)C)C(=O)N[C@@H](Cc1ccccc1)C(=O)N[C@@H](CCCCN)C(=O)N[C@@H](CCCCN)C(=O)N[C@H](C(=O)N[C@@H](CC(C)C)C(=O)N[C@@H](CCCCN)C(=O)N[C@H](C(=O)N[C@@H](CC(C)C)C(N)=O)C(C)C)[C@@H](C)CC. The van der Waals surface area contributed by atoms with Gasteiger partial charge in [0.05, 0.1) is 0 Å². The monoisotopic (exact) mass is 1650 g/mol. The molecule has 0 aliphatic carbocycles. The van der Waals surface area contributed by atoms with E-state index in [1.165, 1.54) is 51.4 Å². The molecule has 29 heteroatoms. The van der Waals surface area contributed by atoms with Gasteiger partial charge in [0.25, 0.3) is 0 Å². The molecule has 0 unspecified atom stereocenters. The number of rotatable bonds is 65. The zero-order valence-corrected chi connectivity index (χ0v) is 73.3. The standard InChI is InChI=1S/C89H153N17O12/c1-12-14-15-16-17-18-19-20-21-22-23-24-28-47-76(107)96-75(56-64-57-95-66-42-30-29-41-65(64)66)87(116)99-68(44-32-36-49-91)81(110)102-72(53-59(5)6)85(114)103-74(55-63-39-26-25-27-40-63)86(115)98-67(43-31-35-48-90)80(109)97-70(46-34-38-51-93)83(112)106-78(62(11)13-2)89(118)104-73(54-60(7)8)84(113)100-69(45-33-37-50-92)82(111)105-77(61(9)10)88(117)101-71(79(94)108)52-58(3)4/h25-27,29-30,39-42,57-62,67-75,77-78,95H,12-24,28,31-38,43-56,90-93H2,1-11H3,(H2,94,108)(H,96,107)(H,97,109)(H,98,115)(H,99,116)(H,100,113)(H,101,117)(H,102,110)(H,103,114)(H,104,118)(H,105,111)(H,106,112)/t62-,67-,68-,69-,70-,71-,72-,73-,74-,75-,77-,78-/m0/s1. The van der Waals surface area contributed by atoms with E-state index in [9.17, 15) is 47.9 Å². The topological polar surface area (TPSA) is 483 Å². The number of benzene rings is 2. The first kappa shape index (κ1) is 104. The molecule has 3 aromatic rings. The molecule has 0 aliphatic rings. The van der Waals surface area contributed by atoms with Crippen LogP contribution in [0, 0.1) is 29.6 Å². The number of carbonyl (C=O) groups excluding carboxylic acids is 12. The fraction of sp³-hybridized carbons (Fsp3) is 0.708. The molecule has 0 radical (unpaired) electrons. The van der Waals surface area contributed by atoms with Crippen LogP contribution < -0.4 is 87.2 Å².